The van der Waals surface area contributed by atoms with E-state index in [1.807, 2.05) is 24.3 Å². The zero-order chi connectivity index (χ0) is 24.1. The smallest absolute Gasteiger partial charge is 0.241 e. The highest BCUT2D eigenvalue weighted by atomic mass is 35.5. The van der Waals surface area contributed by atoms with Crippen LogP contribution in [-0.2, 0) is 29.8 Å². The number of carbonyl (C=O) groups excluding carboxylic acids is 2. The molecule has 0 spiro atoms. The summed E-state index contributed by atoms with van der Waals surface area (Å²) in [6, 6.07) is 12.3. The molecule has 1 saturated heterocycles. The molecule has 33 heavy (non-hydrogen) atoms. The number of benzene rings is 2. The van der Waals surface area contributed by atoms with Crippen LogP contribution in [0.3, 0.4) is 0 Å². The van der Waals surface area contributed by atoms with Gasteiger partial charge < -0.3 is 15.4 Å². The molecule has 178 valence electrons. The number of amides is 2. The standard InChI is InChI=1S/C23H28ClN3O5S/c1-16(27-33(30,31)21-9-7-20(8-10-21)26-17(2)28)22(29)25-15-23(11-13-32-14-12-23)18-3-5-19(24)6-4-18/h3-10,16,27H,11-15H2,1-2H3,(H,25,29)(H,26,28)/t16-/m0/s1. The summed E-state index contributed by atoms with van der Waals surface area (Å²) in [5.41, 5.74) is 1.23. The molecule has 3 rings (SSSR count). The molecule has 0 unspecified atom stereocenters. The van der Waals surface area contributed by atoms with Crippen molar-refractivity contribution in [3.63, 3.8) is 0 Å². The van der Waals surface area contributed by atoms with Crippen LogP contribution in [0, 0.1) is 0 Å². The van der Waals surface area contributed by atoms with Crippen molar-refractivity contribution >= 4 is 39.1 Å². The SMILES string of the molecule is CC(=O)Nc1ccc(S(=O)(=O)N[C@@H](C)C(=O)NCC2(c3ccc(Cl)cc3)CCOCC2)cc1. The molecule has 0 aliphatic carbocycles. The minimum absolute atomic E-state index is 0.00156. The molecule has 1 aliphatic rings. The summed E-state index contributed by atoms with van der Waals surface area (Å²) in [7, 11) is -3.92. The maximum absolute atomic E-state index is 12.8. The molecule has 1 atom stereocenters. The summed E-state index contributed by atoms with van der Waals surface area (Å²) in [6.07, 6.45) is 1.46. The van der Waals surface area contributed by atoms with Gasteiger partial charge in [-0.05, 0) is 61.7 Å². The predicted molar refractivity (Wildman–Crippen MR) is 127 cm³/mol. The fourth-order valence-corrected chi connectivity index (χ4v) is 5.15. The number of halogens is 1. The number of ether oxygens (including phenoxy) is 1. The molecule has 1 heterocycles. The molecule has 1 fully saturated rings. The highest BCUT2D eigenvalue weighted by molar-refractivity contribution is 7.89. The average Bonchev–Trinajstić information content (AvgIpc) is 2.78. The first-order valence-electron chi connectivity index (χ1n) is 10.6. The Morgan fingerprint density at radius 1 is 1.06 bits per heavy atom. The third kappa shape index (κ3) is 6.54. The fourth-order valence-electron chi connectivity index (χ4n) is 3.82. The van der Waals surface area contributed by atoms with Gasteiger partial charge in [0.2, 0.25) is 21.8 Å². The predicted octanol–water partition coefficient (Wildman–Crippen LogP) is 2.83. The molecule has 0 bridgehead atoms. The van der Waals surface area contributed by atoms with E-state index in [0.717, 1.165) is 18.4 Å². The molecule has 0 saturated carbocycles. The lowest BCUT2D eigenvalue weighted by atomic mass is 9.74. The Bertz CT molecular complexity index is 1080. The van der Waals surface area contributed by atoms with Crippen molar-refractivity contribution in [3.05, 3.63) is 59.1 Å². The summed E-state index contributed by atoms with van der Waals surface area (Å²) in [5, 5.41) is 6.12. The van der Waals surface area contributed by atoms with E-state index in [9.17, 15) is 18.0 Å². The molecule has 2 amide bonds. The maximum atomic E-state index is 12.8. The maximum Gasteiger partial charge on any atom is 0.241 e. The number of carbonyl (C=O) groups is 2. The minimum Gasteiger partial charge on any atom is -0.381 e. The summed E-state index contributed by atoms with van der Waals surface area (Å²) in [6.45, 7) is 4.38. The second-order valence-electron chi connectivity index (χ2n) is 8.17. The van der Waals surface area contributed by atoms with E-state index in [-0.39, 0.29) is 16.2 Å². The van der Waals surface area contributed by atoms with E-state index >= 15 is 0 Å². The molecule has 0 aromatic heterocycles. The van der Waals surface area contributed by atoms with E-state index in [1.165, 1.54) is 38.1 Å². The third-order valence-electron chi connectivity index (χ3n) is 5.72. The van der Waals surface area contributed by atoms with Crippen LogP contribution in [0.1, 0.15) is 32.3 Å². The van der Waals surface area contributed by atoms with Crippen LogP contribution in [0.25, 0.3) is 0 Å². The molecule has 10 heteroatoms. The monoisotopic (exact) mass is 493 g/mol. The van der Waals surface area contributed by atoms with Gasteiger partial charge >= 0.3 is 0 Å². The molecule has 8 nitrogen and oxygen atoms in total. The summed E-state index contributed by atoms with van der Waals surface area (Å²) >= 11 is 6.03. The average molecular weight is 494 g/mol. The Balaban J connectivity index is 1.65. The van der Waals surface area contributed by atoms with Crippen molar-refractivity contribution < 1.29 is 22.7 Å². The Morgan fingerprint density at radius 3 is 2.24 bits per heavy atom. The zero-order valence-corrected chi connectivity index (χ0v) is 20.1. The van der Waals surface area contributed by atoms with Gasteiger partial charge in [-0.1, -0.05) is 23.7 Å². The van der Waals surface area contributed by atoms with Crippen molar-refractivity contribution in [1.29, 1.82) is 0 Å². The molecule has 2 aromatic rings. The molecule has 2 aromatic carbocycles. The van der Waals surface area contributed by atoms with E-state index in [0.29, 0.717) is 30.5 Å². The summed E-state index contributed by atoms with van der Waals surface area (Å²) in [4.78, 5) is 23.9. The lowest BCUT2D eigenvalue weighted by Gasteiger charge is -2.38. The van der Waals surface area contributed by atoms with Gasteiger partial charge in [0, 0.05) is 42.8 Å². The normalized spacial score (nSPS) is 16.6. The third-order valence-corrected chi connectivity index (χ3v) is 7.53. The summed E-state index contributed by atoms with van der Waals surface area (Å²) < 4.78 is 33.3. The van der Waals surface area contributed by atoms with E-state index < -0.39 is 22.0 Å². The number of hydrogen-bond donors (Lipinski definition) is 3. The van der Waals surface area contributed by atoms with E-state index in [4.69, 9.17) is 16.3 Å². The number of sulfonamides is 1. The van der Waals surface area contributed by atoms with Gasteiger partial charge in [-0.25, -0.2) is 8.42 Å². The largest absolute Gasteiger partial charge is 0.381 e. The van der Waals surface area contributed by atoms with Crippen LogP contribution in [0.2, 0.25) is 5.02 Å². The van der Waals surface area contributed by atoms with E-state index in [2.05, 4.69) is 15.4 Å². The molecule has 3 N–H and O–H groups in total. The number of anilines is 1. The van der Waals surface area contributed by atoms with Crippen LogP contribution in [0.4, 0.5) is 5.69 Å². The molecular weight excluding hydrogens is 466 g/mol. The van der Waals surface area contributed by atoms with Gasteiger partial charge in [-0.15, -0.1) is 0 Å². The lowest BCUT2D eigenvalue weighted by molar-refractivity contribution is -0.122. The number of nitrogens with one attached hydrogen (secondary N) is 3. The van der Waals surface area contributed by atoms with Crippen molar-refractivity contribution in [1.82, 2.24) is 10.0 Å². The molecule has 0 radical (unpaired) electrons. The lowest BCUT2D eigenvalue weighted by Crippen LogP contribution is -2.50. The molecule has 1 aliphatic heterocycles. The van der Waals surface area contributed by atoms with Crippen LogP contribution < -0.4 is 15.4 Å². The van der Waals surface area contributed by atoms with E-state index in [1.54, 1.807) is 0 Å². The Labute approximate surface area is 199 Å². The van der Waals surface area contributed by atoms with Gasteiger partial charge in [0.15, 0.2) is 0 Å². The first kappa shape index (κ1) is 25.2. The second kappa shape index (κ2) is 10.6. The quantitative estimate of drug-likeness (QED) is 0.523. The first-order chi connectivity index (χ1) is 15.6. The molecular formula is C23H28ClN3O5S. The minimum atomic E-state index is -3.92. The second-order valence-corrected chi connectivity index (χ2v) is 10.3. The van der Waals surface area contributed by atoms with Crippen LogP contribution >= 0.6 is 11.6 Å². The Morgan fingerprint density at radius 2 is 1.67 bits per heavy atom. The van der Waals surface area contributed by atoms with Gasteiger partial charge in [-0.3, -0.25) is 9.59 Å². The number of rotatable bonds is 8. The Kier molecular flexibility index (Phi) is 8.12. The zero-order valence-electron chi connectivity index (χ0n) is 18.6. The van der Waals surface area contributed by atoms with Crippen LogP contribution in [-0.4, -0.2) is 46.0 Å². The van der Waals surface area contributed by atoms with Crippen LogP contribution in [0.5, 0.6) is 0 Å². The van der Waals surface area contributed by atoms with Gasteiger partial charge in [0.25, 0.3) is 0 Å². The van der Waals surface area contributed by atoms with Gasteiger partial charge in [0.05, 0.1) is 10.9 Å². The van der Waals surface area contributed by atoms with Crippen LogP contribution in [0.15, 0.2) is 53.4 Å². The van der Waals surface area contributed by atoms with Gasteiger partial charge in [0.1, 0.15) is 0 Å². The van der Waals surface area contributed by atoms with Gasteiger partial charge in [-0.2, -0.15) is 4.72 Å². The van der Waals surface area contributed by atoms with Crippen molar-refractivity contribution in [2.75, 3.05) is 25.1 Å². The fraction of sp³-hybridized carbons (Fsp3) is 0.391. The van der Waals surface area contributed by atoms with Crippen molar-refractivity contribution in [2.24, 2.45) is 0 Å². The van der Waals surface area contributed by atoms with Crippen molar-refractivity contribution in [3.8, 4) is 0 Å². The number of hydrogen-bond acceptors (Lipinski definition) is 5. The highest BCUT2D eigenvalue weighted by Crippen LogP contribution is 2.35. The van der Waals surface area contributed by atoms with Crippen molar-refractivity contribution in [2.45, 2.75) is 43.0 Å². The summed E-state index contributed by atoms with van der Waals surface area (Å²) in [5.74, 6) is -0.678. The topological polar surface area (TPSA) is 114 Å². The highest BCUT2D eigenvalue weighted by Gasteiger charge is 2.35. The Hall–Kier alpha value is -2.46. The first-order valence-corrected chi connectivity index (χ1v) is 12.5.